The Balaban J connectivity index is 1.99. The van der Waals surface area contributed by atoms with Crippen LogP contribution in [0.5, 0.6) is 0 Å². The molecule has 0 bridgehead atoms. The van der Waals surface area contributed by atoms with E-state index in [1.54, 1.807) is 0 Å². The zero-order valence-electron chi connectivity index (χ0n) is 11.5. The Morgan fingerprint density at radius 2 is 1.78 bits per heavy atom. The summed E-state index contributed by atoms with van der Waals surface area (Å²) in [6, 6.07) is 8.92. The minimum atomic E-state index is -0.0382. The molecule has 98 valence electrons. The molecule has 0 spiro atoms. The molecule has 1 aromatic carbocycles. The molecule has 0 saturated heterocycles. The maximum atomic E-state index is 6.91. The summed E-state index contributed by atoms with van der Waals surface area (Å²) in [5.74, 6) is 1.39. The van der Waals surface area contributed by atoms with Crippen molar-refractivity contribution in [3.8, 4) is 0 Å². The van der Waals surface area contributed by atoms with E-state index in [2.05, 4.69) is 31.2 Å². The lowest BCUT2D eigenvalue weighted by Gasteiger charge is -2.45. The van der Waals surface area contributed by atoms with Gasteiger partial charge in [-0.2, -0.15) is 0 Å². The van der Waals surface area contributed by atoms with Crippen molar-refractivity contribution in [1.29, 1.82) is 0 Å². The van der Waals surface area contributed by atoms with Gasteiger partial charge in [0, 0.05) is 5.54 Å². The molecule has 2 unspecified atom stereocenters. The Kier molecular flexibility index (Phi) is 3.19. The van der Waals surface area contributed by atoms with Crippen molar-refractivity contribution in [2.75, 3.05) is 0 Å². The zero-order chi connectivity index (χ0) is 12.6. The van der Waals surface area contributed by atoms with Crippen LogP contribution >= 0.6 is 0 Å². The Hall–Kier alpha value is -0.820. The van der Waals surface area contributed by atoms with Crippen LogP contribution in [0.4, 0.5) is 0 Å². The van der Waals surface area contributed by atoms with Crippen LogP contribution in [-0.4, -0.2) is 0 Å². The summed E-state index contributed by atoms with van der Waals surface area (Å²) in [7, 11) is 0. The van der Waals surface area contributed by atoms with E-state index >= 15 is 0 Å². The van der Waals surface area contributed by atoms with Crippen LogP contribution in [0.25, 0.3) is 0 Å². The average Bonchev–Trinajstić information content (AvgIpc) is 2.44. The Bertz CT molecular complexity index is 419. The highest BCUT2D eigenvalue weighted by Gasteiger charge is 2.41. The number of fused-ring (bicyclic) bond motifs is 1. The fourth-order valence-corrected chi connectivity index (χ4v) is 4.14. The summed E-state index contributed by atoms with van der Waals surface area (Å²) >= 11 is 0. The second-order valence-electron chi connectivity index (χ2n) is 6.40. The quantitative estimate of drug-likeness (QED) is 0.781. The first-order valence-corrected chi connectivity index (χ1v) is 7.60. The molecule has 1 heteroatoms. The molecule has 2 N–H and O–H groups in total. The number of benzene rings is 1. The standard InChI is InChI=1S/C17H25N/c1-13-11-12-17(18,14-7-3-2-4-8-14)16-10-6-5-9-15(13)16/h5-6,9-10,13-14H,2-4,7-8,11-12,18H2,1H3. The third-order valence-electron chi connectivity index (χ3n) is 5.32. The third kappa shape index (κ3) is 1.89. The van der Waals surface area contributed by atoms with E-state index < -0.39 is 0 Å². The van der Waals surface area contributed by atoms with Crippen LogP contribution < -0.4 is 5.73 Å². The van der Waals surface area contributed by atoms with E-state index in [4.69, 9.17) is 5.73 Å². The molecule has 0 aliphatic heterocycles. The van der Waals surface area contributed by atoms with Gasteiger partial charge in [-0.05, 0) is 48.6 Å². The molecular formula is C17H25N. The van der Waals surface area contributed by atoms with E-state index in [9.17, 15) is 0 Å². The van der Waals surface area contributed by atoms with Gasteiger partial charge in [0.1, 0.15) is 0 Å². The molecule has 0 amide bonds. The summed E-state index contributed by atoms with van der Waals surface area (Å²) in [4.78, 5) is 0. The van der Waals surface area contributed by atoms with Crippen molar-refractivity contribution in [2.24, 2.45) is 11.7 Å². The molecule has 18 heavy (non-hydrogen) atoms. The van der Waals surface area contributed by atoms with Crippen LogP contribution in [0.3, 0.4) is 0 Å². The molecule has 0 aromatic heterocycles. The second-order valence-corrected chi connectivity index (χ2v) is 6.40. The van der Waals surface area contributed by atoms with Gasteiger partial charge >= 0.3 is 0 Å². The smallest absolute Gasteiger partial charge is 0.0441 e. The monoisotopic (exact) mass is 243 g/mol. The van der Waals surface area contributed by atoms with Crippen molar-refractivity contribution < 1.29 is 0 Å². The number of rotatable bonds is 1. The summed E-state index contributed by atoms with van der Waals surface area (Å²) < 4.78 is 0. The molecule has 2 aliphatic carbocycles. The Labute approximate surface area is 111 Å². The maximum absolute atomic E-state index is 6.91. The van der Waals surface area contributed by atoms with Crippen molar-refractivity contribution in [1.82, 2.24) is 0 Å². The molecular weight excluding hydrogens is 218 g/mol. The molecule has 1 fully saturated rings. The first-order valence-electron chi connectivity index (χ1n) is 7.60. The minimum Gasteiger partial charge on any atom is -0.321 e. The van der Waals surface area contributed by atoms with Gasteiger partial charge in [0.05, 0.1) is 0 Å². The number of nitrogens with two attached hydrogens (primary N) is 1. The second kappa shape index (κ2) is 4.70. The lowest BCUT2D eigenvalue weighted by atomic mass is 9.63. The maximum Gasteiger partial charge on any atom is 0.0441 e. The fourth-order valence-electron chi connectivity index (χ4n) is 4.14. The number of hydrogen-bond acceptors (Lipinski definition) is 1. The highest BCUT2D eigenvalue weighted by Crippen LogP contribution is 2.47. The third-order valence-corrected chi connectivity index (χ3v) is 5.32. The molecule has 2 aliphatic rings. The van der Waals surface area contributed by atoms with Gasteiger partial charge in [0.25, 0.3) is 0 Å². The van der Waals surface area contributed by atoms with Crippen molar-refractivity contribution in [3.05, 3.63) is 35.4 Å². The molecule has 1 aromatic rings. The van der Waals surface area contributed by atoms with Gasteiger partial charge in [-0.15, -0.1) is 0 Å². The first-order chi connectivity index (χ1) is 8.72. The van der Waals surface area contributed by atoms with Crippen LogP contribution in [0.1, 0.15) is 68.9 Å². The van der Waals surface area contributed by atoms with Gasteiger partial charge in [-0.3, -0.25) is 0 Å². The predicted molar refractivity (Wildman–Crippen MR) is 76.5 cm³/mol. The highest BCUT2D eigenvalue weighted by atomic mass is 14.8. The lowest BCUT2D eigenvalue weighted by molar-refractivity contribution is 0.176. The molecule has 3 rings (SSSR count). The first kappa shape index (κ1) is 12.2. The van der Waals surface area contributed by atoms with Crippen LogP contribution in [0.2, 0.25) is 0 Å². The van der Waals surface area contributed by atoms with Crippen molar-refractivity contribution in [3.63, 3.8) is 0 Å². The topological polar surface area (TPSA) is 26.0 Å². The predicted octanol–water partition coefficient (Wildman–Crippen LogP) is 4.32. The molecule has 2 atom stereocenters. The van der Waals surface area contributed by atoms with E-state index in [1.807, 2.05) is 0 Å². The summed E-state index contributed by atoms with van der Waals surface area (Å²) in [5, 5.41) is 0. The average molecular weight is 243 g/mol. The number of hydrogen-bond donors (Lipinski definition) is 1. The van der Waals surface area contributed by atoms with Gasteiger partial charge in [-0.25, -0.2) is 0 Å². The SMILES string of the molecule is CC1CCC(N)(C2CCCCC2)c2ccccc21. The van der Waals surface area contributed by atoms with Gasteiger partial charge < -0.3 is 5.73 Å². The summed E-state index contributed by atoms with van der Waals surface area (Å²) in [5.41, 5.74) is 9.83. The fraction of sp³-hybridized carbons (Fsp3) is 0.647. The Morgan fingerprint density at radius 3 is 2.56 bits per heavy atom. The van der Waals surface area contributed by atoms with Crippen LogP contribution in [0.15, 0.2) is 24.3 Å². The molecule has 1 nitrogen and oxygen atoms in total. The van der Waals surface area contributed by atoms with Crippen LogP contribution in [0, 0.1) is 5.92 Å². The van der Waals surface area contributed by atoms with Gasteiger partial charge in [-0.1, -0.05) is 50.5 Å². The van der Waals surface area contributed by atoms with Crippen LogP contribution in [-0.2, 0) is 5.54 Å². The minimum absolute atomic E-state index is 0.0382. The van der Waals surface area contributed by atoms with Crippen molar-refractivity contribution >= 4 is 0 Å². The van der Waals surface area contributed by atoms with E-state index in [0.717, 1.165) is 0 Å². The van der Waals surface area contributed by atoms with Crippen molar-refractivity contribution in [2.45, 2.75) is 63.3 Å². The Morgan fingerprint density at radius 1 is 1.06 bits per heavy atom. The van der Waals surface area contributed by atoms with E-state index in [0.29, 0.717) is 11.8 Å². The van der Waals surface area contributed by atoms with Gasteiger partial charge in [0.2, 0.25) is 0 Å². The highest BCUT2D eigenvalue weighted by molar-refractivity contribution is 5.39. The largest absolute Gasteiger partial charge is 0.321 e. The molecule has 1 saturated carbocycles. The van der Waals surface area contributed by atoms with E-state index in [-0.39, 0.29) is 5.54 Å². The zero-order valence-corrected chi connectivity index (χ0v) is 11.5. The molecule has 0 heterocycles. The lowest BCUT2D eigenvalue weighted by Crippen LogP contribution is -2.47. The van der Waals surface area contributed by atoms with Gasteiger partial charge in [0.15, 0.2) is 0 Å². The summed E-state index contributed by atoms with van der Waals surface area (Å²) in [6.45, 7) is 2.35. The van der Waals surface area contributed by atoms with E-state index in [1.165, 1.54) is 56.1 Å². The summed E-state index contributed by atoms with van der Waals surface area (Å²) in [6.07, 6.45) is 9.26. The molecule has 0 radical (unpaired) electrons. The normalized spacial score (nSPS) is 33.1.